The second-order valence-corrected chi connectivity index (χ2v) is 3.01. The minimum atomic E-state index is 0.141. The Morgan fingerprint density at radius 1 is 1.42 bits per heavy atom. The zero-order chi connectivity index (χ0) is 8.55. The molecule has 2 N–H and O–H groups in total. The van der Waals surface area contributed by atoms with Gasteiger partial charge in [-0.3, -0.25) is 4.79 Å². The smallest absolute Gasteiger partial charge is 0.166 e. The lowest BCUT2D eigenvalue weighted by atomic mass is 9.92. The summed E-state index contributed by atoms with van der Waals surface area (Å²) in [6.45, 7) is 0. The van der Waals surface area contributed by atoms with Gasteiger partial charge < -0.3 is 5.73 Å². The van der Waals surface area contributed by atoms with Crippen LogP contribution in [0.25, 0.3) is 0 Å². The first-order valence-electron chi connectivity index (χ1n) is 4.05. The number of rotatable bonds is 0. The molecule has 0 unspecified atom stereocenters. The molecule has 0 saturated carbocycles. The quantitative estimate of drug-likeness (QED) is 0.623. The third kappa shape index (κ3) is 0.978. The van der Waals surface area contributed by atoms with Crippen LogP contribution in [0, 0.1) is 0 Å². The number of hydrogen-bond donors (Lipinski definition) is 1. The number of carbonyl (C=O) groups is 1. The van der Waals surface area contributed by atoms with Crippen molar-refractivity contribution in [2.75, 3.05) is 5.73 Å². The lowest BCUT2D eigenvalue weighted by Crippen LogP contribution is -2.14. The van der Waals surface area contributed by atoms with Gasteiger partial charge in [0.2, 0.25) is 0 Å². The maximum atomic E-state index is 11.4. The number of nitrogens with two attached hydrogens (primary N) is 1. The molecule has 1 aliphatic rings. The normalized spacial score (nSPS) is 15.8. The predicted molar refractivity (Wildman–Crippen MR) is 45.9 cm³/mol. The molecule has 0 spiro atoms. The van der Waals surface area contributed by atoms with E-state index < -0.39 is 0 Å². The van der Waals surface area contributed by atoms with Crippen LogP contribution in [0.1, 0.15) is 28.8 Å². The number of nitrogen functional groups attached to an aromatic ring is 1. The van der Waals surface area contributed by atoms with Crippen molar-refractivity contribution in [1.82, 2.24) is 4.98 Å². The summed E-state index contributed by atoms with van der Waals surface area (Å²) < 4.78 is 0. The lowest BCUT2D eigenvalue weighted by molar-refractivity contribution is 0.0973. The van der Waals surface area contributed by atoms with Gasteiger partial charge in [-0.15, -0.1) is 0 Å². The molecule has 0 atom stereocenters. The Kier molecular flexibility index (Phi) is 1.57. The Bertz CT molecular complexity index is 333. The third-order valence-electron chi connectivity index (χ3n) is 2.20. The van der Waals surface area contributed by atoms with Gasteiger partial charge in [0.15, 0.2) is 5.78 Å². The molecule has 0 aromatic carbocycles. The van der Waals surface area contributed by atoms with E-state index in [9.17, 15) is 4.79 Å². The molecule has 0 saturated heterocycles. The summed E-state index contributed by atoms with van der Waals surface area (Å²) in [5.74, 6) is 0.527. The molecule has 0 fully saturated rings. The van der Waals surface area contributed by atoms with Crippen molar-refractivity contribution < 1.29 is 4.79 Å². The van der Waals surface area contributed by atoms with E-state index in [-0.39, 0.29) is 5.78 Å². The first-order chi connectivity index (χ1) is 5.79. The summed E-state index contributed by atoms with van der Waals surface area (Å²) in [5, 5.41) is 0. The Labute approximate surface area is 70.6 Å². The number of aromatic nitrogens is 1. The molecule has 62 valence electrons. The SMILES string of the molecule is Nc1nccc2c1C(=O)CCC2. The van der Waals surface area contributed by atoms with E-state index in [1.807, 2.05) is 6.07 Å². The number of ketones is 1. The van der Waals surface area contributed by atoms with E-state index >= 15 is 0 Å². The highest BCUT2D eigenvalue weighted by atomic mass is 16.1. The molecule has 1 heterocycles. The molecule has 12 heavy (non-hydrogen) atoms. The van der Waals surface area contributed by atoms with Crippen molar-refractivity contribution in [1.29, 1.82) is 0 Å². The molecule has 3 heteroatoms. The number of fused-ring (bicyclic) bond motifs is 1. The molecule has 0 aliphatic heterocycles. The first-order valence-corrected chi connectivity index (χ1v) is 4.05. The van der Waals surface area contributed by atoms with Crippen molar-refractivity contribution in [3.63, 3.8) is 0 Å². The van der Waals surface area contributed by atoms with E-state index in [1.165, 1.54) is 0 Å². The van der Waals surface area contributed by atoms with Crippen LogP contribution >= 0.6 is 0 Å². The zero-order valence-electron chi connectivity index (χ0n) is 6.71. The minimum Gasteiger partial charge on any atom is -0.383 e. The van der Waals surface area contributed by atoms with Crippen LogP contribution in [0.15, 0.2) is 12.3 Å². The number of aryl methyl sites for hydroxylation is 1. The van der Waals surface area contributed by atoms with E-state index in [0.717, 1.165) is 18.4 Å². The van der Waals surface area contributed by atoms with Crippen LogP contribution < -0.4 is 5.73 Å². The van der Waals surface area contributed by atoms with Crippen molar-refractivity contribution >= 4 is 11.6 Å². The summed E-state index contributed by atoms with van der Waals surface area (Å²) >= 11 is 0. The molecule has 3 nitrogen and oxygen atoms in total. The molecule has 1 aromatic heterocycles. The molecule has 1 aliphatic carbocycles. The predicted octanol–water partition coefficient (Wildman–Crippen LogP) is 1.18. The fourth-order valence-corrected chi connectivity index (χ4v) is 1.61. The molecule has 0 radical (unpaired) electrons. The van der Waals surface area contributed by atoms with Crippen LogP contribution in [0.2, 0.25) is 0 Å². The molecule has 0 amide bonds. The van der Waals surface area contributed by atoms with Gasteiger partial charge in [0.1, 0.15) is 5.82 Å². The van der Waals surface area contributed by atoms with Gasteiger partial charge in [-0.2, -0.15) is 0 Å². The Hall–Kier alpha value is -1.38. The largest absolute Gasteiger partial charge is 0.383 e. The summed E-state index contributed by atoms with van der Waals surface area (Å²) in [7, 11) is 0. The summed E-state index contributed by atoms with van der Waals surface area (Å²) in [6, 6.07) is 1.88. The fraction of sp³-hybridized carbons (Fsp3) is 0.333. The van der Waals surface area contributed by atoms with Crippen molar-refractivity contribution in [3.05, 3.63) is 23.4 Å². The van der Waals surface area contributed by atoms with Gasteiger partial charge in [0.25, 0.3) is 0 Å². The Morgan fingerprint density at radius 2 is 2.25 bits per heavy atom. The van der Waals surface area contributed by atoms with Gasteiger partial charge >= 0.3 is 0 Å². The monoisotopic (exact) mass is 162 g/mol. The van der Waals surface area contributed by atoms with E-state index in [2.05, 4.69) is 4.98 Å². The van der Waals surface area contributed by atoms with Gasteiger partial charge in [0, 0.05) is 12.6 Å². The Morgan fingerprint density at radius 3 is 3.00 bits per heavy atom. The van der Waals surface area contributed by atoms with Crippen molar-refractivity contribution in [2.24, 2.45) is 0 Å². The van der Waals surface area contributed by atoms with Gasteiger partial charge in [-0.05, 0) is 24.5 Å². The van der Waals surface area contributed by atoms with Crippen LogP contribution in [-0.2, 0) is 6.42 Å². The molecule has 0 bridgehead atoms. The van der Waals surface area contributed by atoms with Crippen LogP contribution in [0.4, 0.5) is 5.82 Å². The highest BCUT2D eigenvalue weighted by molar-refractivity contribution is 6.02. The molecule has 2 rings (SSSR count). The van der Waals surface area contributed by atoms with Crippen LogP contribution in [0.5, 0.6) is 0 Å². The van der Waals surface area contributed by atoms with Gasteiger partial charge in [0.05, 0.1) is 5.56 Å². The van der Waals surface area contributed by atoms with Gasteiger partial charge in [-0.25, -0.2) is 4.98 Å². The molecular weight excluding hydrogens is 152 g/mol. The second kappa shape index (κ2) is 2.59. The average molecular weight is 162 g/mol. The van der Waals surface area contributed by atoms with Crippen molar-refractivity contribution in [3.8, 4) is 0 Å². The maximum Gasteiger partial charge on any atom is 0.166 e. The maximum absolute atomic E-state index is 11.4. The van der Waals surface area contributed by atoms with E-state index in [4.69, 9.17) is 5.73 Å². The van der Waals surface area contributed by atoms with E-state index in [1.54, 1.807) is 6.20 Å². The van der Waals surface area contributed by atoms with E-state index in [0.29, 0.717) is 17.8 Å². The average Bonchev–Trinajstić information content (AvgIpc) is 2.04. The number of pyridine rings is 1. The molecule has 1 aromatic rings. The third-order valence-corrected chi connectivity index (χ3v) is 2.20. The number of hydrogen-bond acceptors (Lipinski definition) is 3. The Balaban J connectivity index is 2.60. The fourth-order valence-electron chi connectivity index (χ4n) is 1.61. The first kappa shape index (κ1) is 7.28. The zero-order valence-corrected chi connectivity index (χ0v) is 6.71. The highest BCUT2D eigenvalue weighted by Gasteiger charge is 2.19. The lowest BCUT2D eigenvalue weighted by Gasteiger charge is -2.14. The van der Waals surface area contributed by atoms with Crippen molar-refractivity contribution in [2.45, 2.75) is 19.3 Å². The standard InChI is InChI=1S/C9H10N2O/c10-9-8-6(4-5-11-9)2-1-3-7(8)12/h4-5H,1-3H2,(H2,10,11). The summed E-state index contributed by atoms with van der Waals surface area (Å²) in [6.07, 6.45) is 4.17. The number of nitrogens with zero attached hydrogens (tertiary/aromatic N) is 1. The topological polar surface area (TPSA) is 56.0 Å². The van der Waals surface area contributed by atoms with Crippen LogP contribution in [-0.4, -0.2) is 10.8 Å². The highest BCUT2D eigenvalue weighted by Crippen LogP contribution is 2.23. The molecular formula is C9H10N2O. The number of carbonyl (C=O) groups excluding carboxylic acids is 1. The summed E-state index contributed by atoms with van der Waals surface area (Å²) in [4.78, 5) is 15.3. The summed E-state index contributed by atoms with van der Waals surface area (Å²) in [5.41, 5.74) is 7.31. The number of Topliss-reactive ketones (excluding diaryl/α,β-unsaturated/α-hetero) is 1. The van der Waals surface area contributed by atoms with Crippen LogP contribution in [0.3, 0.4) is 0 Å². The number of anilines is 1. The minimum absolute atomic E-state index is 0.141. The second-order valence-electron chi connectivity index (χ2n) is 3.01. The van der Waals surface area contributed by atoms with Gasteiger partial charge in [-0.1, -0.05) is 0 Å².